The Balaban J connectivity index is 1.28. The lowest BCUT2D eigenvalue weighted by Crippen LogP contribution is -2.45. The predicted molar refractivity (Wildman–Crippen MR) is 214 cm³/mol. The Morgan fingerprint density at radius 1 is 0.534 bits per heavy atom. The van der Waals surface area contributed by atoms with Gasteiger partial charge in [-0.2, -0.15) is 4.73 Å². The molecular weight excluding hydrogens is 739 g/mol. The van der Waals surface area contributed by atoms with E-state index < -0.39 is 36.2 Å². The standard InChI is InChI=1S/C46H41N3O9/c1-32-16-15-27-49(54)42(32)41-39(57-43(50)37(28-33-17-6-2-7-18-33)47-45(52)55-30-35-21-10-4-11-22-35)25-14-26-40(41)58-44(51)38(29-34-19-8-3-9-20-34)48-46(53)56-31-36-23-12-5-13-24-36/h2-27,37-38H,28-31H2,1H3,(H,47,52)(H,48,53)/t37-,38-/m0/s1. The fourth-order valence-electron chi connectivity index (χ4n) is 6.07. The molecule has 0 aliphatic rings. The van der Waals surface area contributed by atoms with Crippen molar-refractivity contribution in [1.29, 1.82) is 0 Å². The Labute approximate surface area is 335 Å². The molecule has 6 rings (SSSR count). The molecule has 12 nitrogen and oxygen atoms in total. The summed E-state index contributed by atoms with van der Waals surface area (Å²) in [6.45, 7) is 1.62. The molecule has 0 radical (unpaired) electrons. The van der Waals surface area contributed by atoms with Gasteiger partial charge in [0.15, 0.2) is 6.20 Å². The quantitative estimate of drug-likeness (QED) is 0.0477. The van der Waals surface area contributed by atoms with Crippen LogP contribution in [0.2, 0.25) is 0 Å². The summed E-state index contributed by atoms with van der Waals surface area (Å²) < 4.78 is 23.4. The summed E-state index contributed by atoms with van der Waals surface area (Å²) in [5.41, 5.74) is 3.48. The minimum atomic E-state index is -1.23. The molecule has 2 atom stereocenters. The summed E-state index contributed by atoms with van der Waals surface area (Å²) >= 11 is 0. The molecule has 58 heavy (non-hydrogen) atoms. The highest BCUT2D eigenvalue weighted by Gasteiger charge is 2.31. The van der Waals surface area contributed by atoms with Gasteiger partial charge in [-0.1, -0.05) is 127 Å². The molecule has 0 bridgehead atoms. The zero-order chi connectivity index (χ0) is 40.7. The van der Waals surface area contributed by atoms with Gasteiger partial charge < -0.3 is 34.8 Å². The maximum atomic E-state index is 14.1. The third-order valence-corrected chi connectivity index (χ3v) is 8.95. The van der Waals surface area contributed by atoms with Crippen LogP contribution < -0.4 is 24.8 Å². The van der Waals surface area contributed by atoms with Gasteiger partial charge in [0, 0.05) is 24.5 Å². The van der Waals surface area contributed by atoms with Crippen molar-refractivity contribution in [3.63, 3.8) is 0 Å². The van der Waals surface area contributed by atoms with Crippen LogP contribution in [0.25, 0.3) is 11.3 Å². The molecule has 1 aromatic heterocycles. The zero-order valence-corrected chi connectivity index (χ0v) is 31.6. The Morgan fingerprint density at radius 3 is 1.33 bits per heavy atom. The number of hydrogen-bond donors (Lipinski definition) is 2. The van der Waals surface area contributed by atoms with E-state index in [1.165, 1.54) is 24.4 Å². The summed E-state index contributed by atoms with van der Waals surface area (Å²) in [7, 11) is 0. The van der Waals surface area contributed by atoms with Crippen molar-refractivity contribution >= 4 is 24.1 Å². The van der Waals surface area contributed by atoms with Crippen LogP contribution in [0.4, 0.5) is 9.59 Å². The molecule has 0 spiro atoms. The Kier molecular flexibility index (Phi) is 13.8. The van der Waals surface area contributed by atoms with Crippen LogP contribution in [-0.4, -0.2) is 36.2 Å². The molecule has 0 aliphatic carbocycles. The second-order valence-electron chi connectivity index (χ2n) is 13.2. The van der Waals surface area contributed by atoms with E-state index in [1.807, 2.05) is 48.5 Å². The van der Waals surface area contributed by atoms with E-state index in [4.69, 9.17) is 18.9 Å². The zero-order valence-electron chi connectivity index (χ0n) is 31.6. The summed E-state index contributed by atoms with van der Waals surface area (Å²) in [5.74, 6) is -2.00. The van der Waals surface area contributed by atoms with Crippen molar-refractivity contribution in [2.75, 3.05) is 0 Å². The Morgan fingerprint density at radius 2 is 0.931 bits per heavy atom. The highest BCUT2D eigenvalue weighted by molar-refractivity contribution is 5.88. The van der Waals surface area contributed by atoms with Gasteiger partial charge in [-0.25, -0.2) is 19.2 Å². The van der Waals surface area contributed by atoms with Gasteiger partial charge in [0.1, 0.15) is 42.4 Å². The van der Waals surface area contributed by atoms with Crippen LogP contribution in [0.5, 0.6) is 11.5 Å². The monoisotopic (exact) mass is 779 g/mol. The number of aromatic nitrogens is 1. The number of hydrogen-bond acceptors (Lipinski definition) is 9. The topological polar surface area (TPSA) is 156 Å². The molecule has 0 fully saturated rings. The lowest BCUT2D eigenvalue weighted by atomic mass is 10.0. The third kappa shape index (κ3) is 11.3. The number of carbonyl (C=O) groups excluding carboxylic acids is 4. The number of nitrogens with zero attached hydrogens (tertiary/aromatic N) is 1. The number of nitrogens with one attached hydrogen (secondary N) is 2. The first-order chi connectivity index (χ1) is 28.2. The molecule has 5 aromatic carbocycles. The smallest absolute Gasteiger partial charge is 0.408 e. The highest BCUT2D eigenvalue weighted by atomic mass is 16.6. The van der Waals surface area contributed by atoms with Crippen molar-refractivity contribution in [2.24, 2.45) is 0 Å². The van der Waals surface area contributed by atoms with E-state index in [2.05, 4.69) is 10.6 Å². The maximum Gasteiger partial charge on any atom is 0.408 e. The van der Waals surface area contributed by atoms with E-state index >= 15 is 0 Å². The normalized spacial score (nSPS) is 11.7. The number of benzene rings is 5. The van der Waals surface area contributed by atoms with Gasteiger partial charge in [0.05, 0.1) is 0 Å². The molecule has 0 saturated heterocycles. The molecule has 0 aliphatic heterocycles. The average Bonchev–Trinajstić information content (AvgIpc) is 3.24. The fraction of sp³-hybridized carbons (Fsp3) is 0.152. The largest absolute Gasteiger partial charge is 0.618 e. The van der Waals surface area contributed by atoms with Crippen LogP contribution in [0.3, 0.4) is 0 Å². The summed E-state index contributed by atoms with van der Waals surface area (Å²) in [6.07, 6.45) is -0.343. The van der Waals surface area contributed by atoms with Crippen LogP contribution >= 0.6 is 0 Å². The minimum Gasteiger partial charge on any atom is -0.618 e. The lowest BCUT2D eigenvalue weighted by Gasteiger charge is -2.21. The highest BCUT2D eigenvalue weighted by Crippen LogP contribution is 2.39. The molecule has 1 heterocycles. The van der Waals surface area contributed by atoms with Gasteiger partial charge >= 0.3 is 24.1 Å². The van der Waals surface area contributed by atoms with E-state index in [-0.39, 0.29) is 48.8 Å². The maximum absolute atomic E-state index is 14.1. The number of pyridine rings is 1. The Bertz CT molecular complexity index is 2150. The van der Waals surface area contributed by atoms with E-state index in [1.54, 1.807) is 91.9 Å². The van der Waals surface area contributed by atoms with Crippen LogP contribution in [0.1, 0.15) is 27.8 Å². The number of carbonyl (C=O) groups is 4. The van der Waals surface area contributed by atoms with Gasteiger partial charge in [-0.05, 0) is 47.4 Å². The molecule has 294 valence electrons. The molecule has 2 amide bonds. The number of amides is 2. The van der Waals surface area contributed by atoms with Crippen molar-refractivity contribution in [2.45, 2.75) is 45.1 Å². The SMILES string of the molecule is Cc1ccc[n+]([O-])c1-c1c(OC(=O)[C@H](Cc2ccccc2)NC(=O)OCc2ccccc2)cccc1OC(=O)[C@H](Cc1ccccc1)NC(=O)OCc1ccccc1. The van der Waals surface area contributed by atoms with Gasteiger partial charge in [-0.3, -0.25) is 0 Å². The first-order valence-electron chi connectivity index (χ1n) is 18.5. The van der Waals surface area contributed by atoms with E-state index in [0.29, 0.717) is 10.3 Å². The number of rotatable bonds is 15. The van der Waals surface area contributed by atoms with Crippen LogP contribution in [0, 0.1) is 12.1 Å². The first kappa shape index (κ1) is 40.2. The lowest BCUT2D eigenvalue weighted by molar-refractivity contribution is -0.594. The molecule has 12 heteroatoms. The molecule has 0 unspecified atom stereocenters. The van der Waals surface area contributed by atoms with Gasteiger partial charge in [0.25, 0.3) is 0 Å². The first-order valence-corrected chi connectivity index (χ1v) is 18.5. The van der Waals surface area contributed by atoms with E-state index in [9.17, 15) is 24.4 Å². The van der Waals surface area contributed by atoms with Crippen LogP contribution in [0.15, 0.2) is 158 Å². The molecule has 2 N–H and O–H groups in total. The Hall–Kier alpha value is -7.47. The minimum absolute atomic E-state index is 0.00692. The number of ether oxygens (including phenoxy) is 4. The van der Waals surface area contributed by atoms with Crippen molar-refractivity contribution in [3.05, 3.63) is 191 Å². The summed E-state index contributed by atoms with van der Waals surface area (Å²) in [5, 5.41) is 18.7. The van der Waals surface area contributed by atoms with Crippen molar-refractivity contribution < 1.29 is 42.9 Å². The van der Waals surface area contributed by atoms with Crippen molar-refractivity contribution in [1.82, 2.24) is 10.6 Å². The second kappa shape index (κ2) is 19.9. The number of aryl methyl sites for hydroxylation is 1. The molecule has 0 saturated carbocycles. The van der Waals surface area contributed by atoms with Crippen molar-refractivity contribution in [3.8, 4) is 22.8 Å². The predicted octanol–water partition coefficient (Wildman–Crippen LogP) is 7.18. The summed E-state index contributed by atoms with van der Waals surface area (Å²) in [6, 6.07) is 41.4. The van der Waals surface area contributed by atoms with Gasteiger partial charge in [-0.15, -0.1) is 0 Å². The molecular formula is C46H41N3O9. The summed E-state index contributed by atoms with van der Waals surface area (Å²) in [4.78, 5) is 54.2. The van der Waals surface area contributed by atoms with E-state index in [0.717, 1.165) is 22.3 Å². The fourth-order valence-corrected chi connectivity index (χ4v) is 6.07. The number of esters is 2. The third-order valence-electron chi connectivity index (χ3n) is 8.95. The molecule has 6 aromatic rings. The average molecular weight is 780 g/mol. The second-order valence-corrected chi connectivity index (χ2v) is 13.2. The number of alkyl carbamates (subject to hydrolysis) is 2. The van der Waals surface area contributed by atoms with Crippen LogP contribution in [-0.2, 0) is 45.1 Å². The van der Waals surface area contributed by atoms with Gasteiger partial charge in [0.2, 0.25) is 5.69 Å².